The van der Waals surface area contributed by atoms with Crippen molar-refractivity contribution in [2.75, 3.05) is 32.8 Å². The van der Waals surface area contributed by atoms with Crippen molar-refractivity contribution < 1.29 is 14.3 Å². The standard InChI is InChI=1S/C22H27N3O3/c1-3-28-19-12-8-7-11-18(19)20(26)24-13-15-25(16-14-24)21(27)22(2,23)17-9-5-4-6-10-17/h4-12H,3,13-16,23H2,1-2H3. The van der Waals surface area contributed by atoms with Crippen LogP contribution in [0.4, 0.5) is 0 Å². The highest BCUT2D eigenvalue weighted by atomic mass is 16.5. The van der Waals surface area contributed by atoms with E-state index < -0.39 is 5.54 Å². The molecule has 0 aliphatic carbocycles. The average Bonchev–Trinajstić information content (AvgIpc) is 2.74. The van der Waals surface area contributed by atoms with Gasteiger partial charge >= 0.3 is 0 Å². The second-order valence-electron chi connectivity index (χ2n) is 7.08. The van der Waals surface area contributed by atoms with E-state index in [1.165, 1.54) is 0 Å². The number of para-hydroxylation sites is 1. The van der Waals surface area contributed by atoms with Gasteiger partial charge in [0.15, 0.2) is 0 Å². The first kappa shape index (κ1) is 19.9. The molecule has 1 aliphatic rings. The Hall–Kier alpha value is -2.86. The Morgan fingerprint density at radius 1 is 0.964 bits per heavy atom. The minimum atomic E-state index is -1.09. The second kappa shape index (κ2) is 8.44. The molecule has 6 nitrogen and oxygen atoms in total. The molecule has 0 spiro atoms. The summed E-state index contributed by atoms with van der Waals surface area (Å²) in [4.78, 5) is 29.4. The van der Waals surface area contributed by atoms with Gasteiger partial charge in [0.1, 0.15) is 11.3 Å². The highest BCUT2D eigenvalue weighted by Gasteiger charge is 2.36. The van der Waals surface area contributed by atoms with E-state index in [4.69, 9.17) is 10.5 Å². The molecule has 1 heterocycles. The van der Waals surface area contributed by atoms with E-state index in [1.807, 2.05) is 49.4 Å². The van der Waals surface area contributed by atoms with Crippen molar-refractivity contribution in [3.8, 4) is 5.75 Å². The fourth-order valence-electron chi connectivity index (χ4n) is 3.44. The number of nitrogens with two attached hydrogens (primary N) is 1. The van der Waals surface area contributed by atoms with Gasteiger partial charge in [-0.15, -0.1) is 0 Å². The van der Waals surface area contributed by atoms with Gasteiger partial charge in [-0.05, 0) is 31.5 Å². The molecule has 0 saturated carbocycles. The maximum absolute atomic E-state index is 13.0. The first-order valence-corrected chi connectivity index (χ1v) is 9.60. The van der Waals surface area contributed by atoms with Crippen LogP contribution in [0.2, 0.25) is 0 Å². The zero-order valence-electron chi connectivity index (χ0n) is 16.4. The quantitative estimate of drug-likeness (QED) is 0.862. The number of carbonyl (C=O) groups excluding carboxylic acids is 2. The van der Waals surface area contributed by atoms with Crippen LogP contribution in [0, 0.1) is 0 Å². The van der Waals surface area contributed by atoms with Crippen molar-refractivity contribution in [3.05, 3.63) is 65.7 Å². The average molecular weight is 381 g/mol. The smallest absolute Gasteiger partial charge is 0.257 e. The van der Waals surface area contributed by atoms with Gasteiger partial charge < -0.3 is 20.3 Å². The Labute approximate surface area is 165 Å². The van der Waals surface area contributed by atoms with E-state index in [0.717, 1.165) is 5.56 Å². The third kappa shape index (κ3) is 4.02. The molecule has 1 atom stereocenters. The van der Waals surface area contributed by atoms with Crippen LogP contribution in [0.15, 0.2) is 54.6 Å². The molecule has 6 heteroatoms. The Kier molecular flexibility index (Phi) is 5.99. The molecule has 0 aromatic heterocycles. The predicted molar refractivity (Wildman–Crippen MR) is 108 cm³/mol. The molecule has 2 N–H and O–H groups in total. The van der Waals surface area contributed by atoms with Crippen LogP contribution >= 0.6 is 0 Å². The van der Waals surface area contributed by atoms with E-state index in [0.29, 0.717) is 44.1 Å². The summed E-state index contributed by atoms with van der Waals surface area (Å²) in [7, 11) is 0. The van der Waals surface area contributed by atoms with Gasteiger partial charge in [-0.1, -0.05) is 42.5 Å². The van der Waals surface area contributed by atoms with E-state index in [-0.39, 0.29) is 11.8 Å². The van der Waals surface area contributed by atoms with E-state index in [9.17, 15) is 9.59 Å². The zero-order chi connectivity index (χ0) is 20.1. The number of hydrogen-bond acceptors (Lipinski definition) is 4. The summed E-state index contributed by atoms with van der Waals surface area (Å²) in [6, 6.07) is 16.6. The monoisotopic (exact) mass is 381 g/mol. The molecule has 0 radical (unpaired) electrons. The van der Waals surface area contributed by atoms with Gasteiger partial charge in [0.05, 0.1) is 12.2 Å². The van der Waals surface area contributed by atoms with Gasteiger partial charge in [-0.3, -0.25) is 9.59 Å². The lowest BCUT2D eigenvalue weighted by molar-refractivity contribution is -0.138. The molecule has 1 aliphatic heterocycles. The van der Waals surface area contributed by atoms with Crippen LogP contribution in [0.25, 0.3) is 0 Å². The molecule has 1 unspecified atom stereocenters. The lowest BCUT2D eigenvalue weighted by Crippen LogP contribution is -2.57. The second-order valence-corrected chi connectivity index (χ2v) is 7.08. The fourth-order valence-corrected chi connectivity index (χ4v) is 3.44. The van der Waals surface area contributed by atoms with E-state index in [2.05, 4.69) is 0 Å². The summed E-state index contributed by atoms with van der Waals surface area (Å²) in [5.74, 6) is 0.391. The Balaban J connectivity index is 1.66. The first-order chi connectivity index (χ1) is 13.4. The number of benzene rings is 2. The molecule has 28 heavy (non-hydrogen) atoms. The normalized spacial score (nSPS) is 16.4. The number of hydrogen-bond donors (Lipinski definition) is 1. The zero-order valence-corrected chi connectivity index (χ0v) is 16.4. The number of amides is 2. The molecule has 0 bridgehead atoms. The summed E-state index contributed by atoms with van der Waals surface area (Å²) in [5.41, 5.74) is 6.61. The fraction of sp³-hybridized carbons (Fsp3) is 0.364. The topological polar surface area (TPSA) is 75.9 Å². The molecule has 2 amide bonds. The minimum Gasteiger partial charge on any atom is -0.493 e. The van der Waals surface area contributed by atoms with Crippen LogP contribution in [-0.2, 0) is 10.3 Å². The lowest BCUT2D eigenvalue weighted by atomic mass is 9.91. The van der Waals surface area contributed by atoms with Crippen molar-refractivity contribution >= 4 is 11.8 Å². The van der Waals surface area contributed by atoms with Crippen molar-refractivity contribution in [1.82, 2.24) is 9.80 Å². The molecule has 1 saturated heterocycles. The van der Waals surface area contributed by atoms with Gasteiger partial charge in [0.2, 0.25) is 5.91 Å². The van der Waals surface area contributed by atoms with Crippen LogP contribution in [0.5, 0.6) is 5.75 Å². The summed E-state index contributed by atoms with van der Waals surface area (Å²) < 4.78 is 5.57. The van der Waals surface area contributed by atoms with Gasteiger partial charge in [-0.2, -0.15) is 0 Å². The summed E-state index contributed by atoms with van der Waals surface area (Å²) in [6.07, 6.45) is 0. The Morgan fingerprint density at radius 3 is 2.18 bits per heavy atom. The van der Waals surface area contributed by atoms with Crippen LogP contribution in [0.1, 0.15) is 29.8 Å². The third-order valence-electron chi connectivity index (χ3n) is 5.09. The van der Waals surface area contributed by atoms with E-state index in [1.54, 1.807) is 28.9 Å². The number of carbonyl (C=O) groups is 2. The summed E-state index contributed by atoms with van der Waals surface area (Å²) in [5, 5.41) is 0. The number of rotatable bonds is 5. The highest BCUT2D eigenvalue weighted by Crippen LogP contribution is 2.23. The molecular weight excluding hydrogens is 354 g/mol. The van der Waals surface area contributed by atoms with Crippen LogP contribution in [-0.4, -0.2) is 54.4 Å². The lowest BCUT2D eigenvalue weighted by Gasteiger charge is -2.38. The number of nitrogens with zero attached hydrogens (tertiary/aromatic N) is 2. The minimum absolute atomic E-state index is 0.0743. The van der Waals surface area contributed by atoms with Gasteiger partial charge in [0.25, 0.3) is 5.91 Å². The summed E-state index contributed by atoms with van der Waals surface area (Å²) >= 11 is 0. The van der Waals surface area contributed by atoms with Crippen molar-refractivity contribution in [1.29, 1.82) is 0 Å². The first-order valence-electron chi connectivity index (χ1n) is 9.60. The van der Waals surface area contributed by atoms with Gasteiger partial charge in [-0.25, -0.2) is 0 Å². The van der Waals surface area contributed by atoms with Crippen molar-refractivity contribution in [3.63, 3.8) is 0 Å². The molecule has 2 aromatic rings. The molecular formula is C22H27N3O3. The predicted octanol–water partition coefficient (Wildman–Crippen LogP) is 2.24. The number of ether oxygens (including phenoxy) is 1. The molecule has 1 fully saturated rings. The number of piperazine rings is 1. The van der Waals surface area contributed by atoms with Crippen LogP contribution in [0.3, 0.4) is 0 Å². The summed E-state index contributed by atoms with van der Waals surface area (Å²) in [6.45, 7) is 5.98. The van der Waals surface area contributed by atoms with Crippen LogP contribution < -0.4 is 10.5 Å². The molecule has 3 rings (SSSR count). The molecule has 2 aromatic carbocycles. The maximum Gasteiger partial charge on any atom is 0.257 e. The SMILES string of the molecule is CCOc1ccccc1C(=O)N1CCN(C(=O)C(C)(N)c2ccccc2)CC1. The largest absolute Gasteiger partial charge is 0.493 e. The highest BCUT2D eigenvalue weighted by molar-refractivity contribution is 5.97. The van der Waals surface area contributed by atoms with Gasteiger partial charge in [0, 0.05) is 26.2 Å². The Morgan fingerprint density at radius 2 is 1.54 bits per heavy atom. The van der Waals surface area contributed by atoms with Crippen molar-refractivity contribution in [2.24, 2.45) is 5.73 Å². The van der Waals surface area contributed by atoms with E-state index >= 15 is 0 Å². The Bertz CT molecular complexity index is 828. The maximum atomic E-state index is 13.0. The third-order valence-corrected chi connectivity index (χ3v) is 5.09. The molecule has 148 valence electrons. The van der Waals surface area contributed by atoms with Crippen molar-refractivity contribution in [2.45, 2.75) is 19.4 Å².